The van der Waals surface area contributed by atoms with Gasteiger partial charge < -0.3 is 16.0 Å². The Morgan fingerprint density at radius 2 is 1.96 bits per heavy atom. The van der Waals surface area contributed by atoms with Crippen molar-refractivity contribution in [1.29, 1.82) is 0 Å². The lowest BCUT2D eigenvalue weighted by Gasteiger charge is -2.21. The van der Waals surface area contributed by atoms with Crippen LogP contribution < -0.4 is 16.6 Å². The number of hydrogen-bond acceptors (Lipinski definition) is 4. The highest BCUT2D eigenvalue weighted by atomic mass is 16.2. The molecule has 0 saturated heterocycles. The topological polar surface area (TPSA) is 101 Å². The van der Waals surface area contributed by atoms with E-state index in [-0.39, 0.29) is 17.4 Å². The van der Waals surface area contributed by atoms with Crippen LogP contribution in [-0.4, -0.2) is 15.9 Å². The van der Waals surface area contributed by atoms with Gasteiger partial charge in [0.1, 0.15) is 0 Å². The molecular weight excluding hydrogens is 352 g/mol. The number of pyridine rings is 2. The molecule has 0 atom stereocenters. The molecule has 1 aliphatic rings. The van der Waals surface area contributed by atoms with E-state index < -0.39 is 0 Å². The molecule has 4 rings (SSSR count). The van der Waals surface area contributed by atoms with Gasteiger partial charge in [0, 0.05) is 29.1 Å². The molecule has 3 aromatic rings. The van der Waals surface area contributed by atoms with Gasteiger partial charge in [-0.3, -0.25) is 9.59 Å². The highest BCUT2D eigenvalue weighted by Crippen LogP contribution is 2.29. The van der Waals surface area contributed by atoms with Crippen molar-refractivity contribution in [2.75, 3.05) is 11.1 Å². The van der Waals surface area contributed by atoms with Crippen LogP contribution in [-0.2, 0) is 4.79 Å². The third-order valence-corrected chi connectivity index (χ3v) is 5.51. The number of carbonyl (C=O) groups excluding carboxylic acids is 1. The van der Waals surface area contributed by atoms with Crippen molar-refractivity contribution in [2.24, 2.45) is 5.92 Å². The van der Waals surface area contributed by atoms with Crippen LogP contribution in [0.4, 0.5) is 11.4 Å². The Kier molecular flexibility index (Phi) is 4.86. The van der Waals surface area contributed by atoms with Gasteiger partial charge >= 0.3 is 0 Å². The second kappa shape index (κ2) is 7.46. The Labute approximate surface area is 163 Å². The van der Waals surface area contributed by atoms with Crippen molar-refractivity contribution in [1.82, 2.24) is 9.97 Å². The van der Waals surface area contributed by atoms with Crippen LogP contribution in [0.1, 0.15) is 37.7 Å². The number of nitrogens with one attached hydrogen (secondary N) is 2. The fraction of sp³-hybridized carbons (Fsp3) is 0.318. The largest absolute Gasteiger partial charge is 0.398 e. The fourth-order valence-electron chi connectivity index (χ4n) is 4.00. The number of H-pyrrole nitrogens is 1. The maximum atomic E-state index is 12.5. The van der Waals surface area contributed by atoms with Crippen molar-refractivity contribution in [3.05, 3.63) is 52.4 Å². The summed E-state index contributed by atoms with van der Waals surface area (Å²) in [5, 5.41) is 3.45. The second-order valence-corrected chi connectivity index (χ2v) is 7.52. The zero-order valence-corrected chi connectivity index (χ0v) is 15.9. The minimum Gasteiger partial charge on any atom is -0.398 e. The van der Waals surface area contributed by atoms with E-state index in [9.17, 15) is 9.59 Å². The summed E-state index contributed by atoms with van der Waals surface area (Å²) >= 11 is 0. The van der Waals surface area contributed by atoms with E-state index in [1.807, 2.05) is 25.1 Å². The number of hydrogen-bond donors (Lipinski definition) is 3. The number of rotatable bonds is 3. The quantitative estimate of drug-likeness (QED) is 0.643. The molecule has 4 N–H and O–H groups in total. The number of benzene rings is 1. The van der Waals surface area contributed by atoms with Gasteiger partial charge in [0.05, 0.1) is 16.6 Å². The molecule has 144 valence electrons. The number of carbonyl (C=O) groups is 1. The first kappa shape index (κ1) is 18.2. The standard InChI is InChI=1S/C22H24N4O2/c1-13-11-15(25-21(27)14-5-3-2-4-6-14)7-8-16(13)19-12-17(23)20-18(26-19)9-10-24-22(20)28/h7-12,14H,2-6H2,1H3,(H2,23,26)(H,24,28)(H,25,27). The predicted molar refractivity (Wildman–Crippen MR) is 112 cm³/mol. The molecule has 1 aromatic carbocycles. The van der Waals surface area contributed by atoms with E-state index in [2.05, 4.69) is 15.3 Å². The van der Waals surface area contributed by atoms with Crippen molar-refractivity contribution in [3.63, 3.8) is 0 Å². The van der Waals surface area contributed by atoms with Gasteiger partial charge in [-0.05, 0) is 49.6 Å². The minimum absolute atomic E-state index is 0.110. The summed E-state index contributed by atoms with van der Waals surface area (Å²) in [7, 11) is 0. The summed E-state index contributed by atoms with van der Waals surface area (Å²) in [6.07, 6.45) is 7.01. The Balaban J connectivity index is 1.62. The molecule has 1 amide bonds. The maximum Gasteiger partial charge on any atom is 0.259 e. The van der Waals surface area contributed by atoms with Crippen LogP contribution in [0.25, 0.3) is 22.2 Å². The van der Waals surface area contributed by atoms with E-state index >= 15 is 0 Å². The van der Waals surface area contributed by atoms with Gasteiger partial charge in [0.2, 0.25) is 5.91 Å². The molecule has 1 fully saturated rings. The molecule has 6 nitrogen and oxygen atoms in total. The van der Waals surface area contributed by atoms with Crippen LogP contribution >= 0.6 is 0 Å². The first-order chi connectivity index (χ1) is 13.5. The lowest BCUT2D eigenvalue weighted by atomic mass is 9.88. The molecule has 0 unspecified atom stereocenters. The van der Waals surface area contributed by atoms with Crippen molar-refractivity contribution < 1.29 is 4.79 Å². The number of amides is 1. The number of fused-ring (bicyclic) bond motifs is 1. The van der Waals surface area contributed by atoms with Crippen molar-refractivity contribution >= 4 is 28.2 Å². The molecule has 0 aliphatic heterocycles. The average molecular weight is 376 g/mol. The molecule has 0 bridgehead atoms. The highest BCUT2D eigenvalue weighted by Gasteiger charge is 2.21. The number of nitrogens with zero attached hydrogens (tertiary/aromatic N) is 1. The van der Waals surface area contributed by atoms with Gasteiger partial charge in [-0.1, -0.05) is 25.3 Å². The lowest BCUT2D eigenvalue weighted by Crippen LogP contribution is -2.24. The third kappa shape index (κ3) is 3.50. The maximum absolute atomic E-state index is 12.5. The molecule has 28 heavy (non-hydrogen) atoms. The van der Waals surface area contributed by atoms with Crippen LogP contribution in [0.2, 0.25) is 0 Å². The zero-order chi connectivity index (χ0) is 19.7. The zero-order valence-electron chi connectivity index (χ0n) is 15.9. The van der Waals surface area contributed by atoms with E-state index in [0.29, 0.717) is 22.3 Å². The Bertz CT molecular complexity index is 1100. The van der Waals surface area contributed by atoms with Gasteiger partial charge in [0.25, 0.3) is 5.56 Å². The summed E-state index contributed by atoms with van der Waals surface area (Å²) < 4.78 is 0. The summed E-state index contributed by atoms with van der Waals surface area (Å²) in [6, 6.07) is 9.25. The van der Waals surface area contributed by atoms with Crippen LogP contribution in [0, 0.1) is 12.8 Å². The molecule has 0 radical (unpaired) electrons. The number of aryl methyl sites for hydroxylation is 1. The number of nitrogens with two attached hydrogens (primary N) is 1. The number of nitrogen functional groups attached to an aromatic ring is 1. The van der Waals surface area contributed by atoms with Gasteiger partial charge in [-0.15, -0.1) is 0 Å². The summed E-state index contributed by atoms with van der Waals surface area (Å²) in [5.74, 6) is 0.230. The predicted octanol–water partition coefficient (Wildman–Crippen LogP) is 4.00. The Morgan fingerprint density at radius 3 is 2.71 bits per heavy atom. The van der Waals surface area contributed by atoms with E-state index in [4.69, 9.17) is 5.73 Å². The second-order valence-electron chi connectivity index (χ2n) is 7.52. The van der Waals surface area contributed by atoms with Gasteiger partial charge in [0.15, 0.2) is 0 Å². The molecule has 0 spiro atoms. The van der Waals surface area contributed by atoms with E-state index in [1.165, 1.54) is 6.42 Å². The first-order valence-corrected chi connectivity index (χ1v) is 9.73. The van der Waals surface area contributed by atoms with Gasteiger partial charge in [-0.2, -0.15) is 0 Å². The fourth-order valence-corrected chi connectivity index (χ4v) is 4.00. The third-order valence-electron chi connectivity index (χ3n) is 5.51. The van der Waals surface area contributed by atoms with Gasteiger partial charge in [-0.25, -0.2) is 4.98 Å². The molecule has 1 saturated carbocycles. The van der Waals surface area contributed by atoms with E-state index in [1.54, 1.807) is 18.3 Å². The number of aromatic amines is 1. The SMILES string of the molecule is Cc1cc(NC(=O)C2CCCCC2)ccc1-c1cc(N)c2c(=O)[nH]ccc2n1. The minimum atomic E-state index is -0.244. The van der Waals surface area contributed by atoms with Crippen LogP contribution in [0.15, 0.2) is 41.3 Å². The first-order valence-electron chi connectivity index (χ1n) is 9.73. The van der Waals surface area contributed by atoms with Crippen molar-refractivity contribution in [2.45, 2.75) is 39.0 Å². The molecule has 1 aliphatic carbocycles. The summed E-state index contributed by atoms with van der Waals surface area (Å²) in [6.45, 7) is 1.98. The highest BCUT2D eigenvalue weighted by molar-refractivity contribution is 5.94. The van der Waals surface area contributed by atoms with Crippen LogP contribution in [0.5, 0.6) is 0 Å². The molecule has 2 heterocycles. The monoisotopic (exact) mass is 376 g/mol. The summed E-state index contributed by atoms with van der Waals surface area (Å²) in [5.41, 5.74) is 10.2. The Hall–Kier alpha value is -3.15. The molecule has 2 aromatic heterocycles. The smallest absolute Gasteiger partial charge is 0.259 e. The number of anilines is 2. The lowest BCUT2D eigenvalue weighted by molar-refractivity contribution is -0.120. The Morgan fingerprint density at radius 1 is 1.18 bits per heavy atom. The van der Waals surface area contributed by atoms with E-state index in [0.717, 1.165) is 42.5 Å². The normalized spacial score (nSPS) is 14.9. The molecule has 6 heteroatoms. The summed E-state index contributed by atoms with van der Waals surface area (Å²) in [4.78, 5) is 31.7. The van der Waals surface area contributed by atoms with Crippen molar-refractivity contribution in [3.8, 4) is 11.3 Å². The number of aromatic nitrogens is 2. The van der Waals surface area contributed by atoms with Crippen LogP contribution in [0.3, 0.4) is 0 Å². The average Bonchev–Trinajstić information content (AvgIpc) is 2.68. The molecular formula is C22H24N4O2.